The zero-order chi connectivity index (χ0) is 15.0. The highest BCUT2D eigenvalue weighted by Gasteiger charge is 2.14. The first-order valence-corrected chi connectivity index (χ1v) is 7.49. The maximum atomic E-state index is 11.9. The van der Waals surface area contributed by atoms with Gasteiger partial charge in [-0.2, -0.15) is 0 Å². The molecule has 0 atom stereocenters. The third kappa shape index (κ3) is 5.76. The molecular formula is C11H17F2N3O3S. The van der Waals surface area contributed by atoms with Crippen LogP contribution in [0.25, 0.3) is 0 Å². The number of alkyl halides is 2. The number of ether oxygens (including phenoxy) is 1. The van der Waals surface area contributed by atoms with Crippen LogP contribution < -0.4 is 10.0 Å². The Morgan fingerprint density at radius 1 is 1.45 bits per heavy atom. The van der Waals surface area contributed by atoms with Gasteiger partial charge in [0.05, 0.1) is 11.5 Å². The van der Waals surface area contributed by atoms with E-state index in [9.17, 15) is 17.2 Å². The van der Waals surface area contributed by atoms with Crippen LogP contribution in [0.5, 0.6) is 0 Å². The predicted octanol–water partition coefficient (Wildman–Crippen LogP) is 1.07. The second-order valence-corrected chi connectivity index (χ2v) is 5.54. The minimum Gasteiger partial charge on any atom is -0.374 e. The standard InChI is InChI=1S/C11H17F2N3O3S/c1-2-14-11-7-9(3-4-15-11)20(17,18)16-5-6-19-8-10(12)13/h3-4,7,10,16H,2,5-6,8H2,1H3,(H,14,15). The zero-order valence-corrected chi connectivity index (χ0v) is 11.8. The molecule has 0 aromatic carbocycles. The first-order valence-electron chi connectivity index (χ1n) is 6.01. The number of rotatable bonds is 9. The van der Waals surface area contributed by atoms with E-state index < -0.39 is 23.1 Å². The second kappa shape index (κ2) is 8.08. The summed E-state index contributed by atoms with van der Waals surface area (Å²) in [6.45, 7) is 1.58. The van der Waals surface area contributed by atoms with Crippen LogP contribution in [-0.4, -0.2) is 46.1 Å². The average Bonchev–Trinajstić information content (AvgIpc) is 2.38. The molecule has 1 aromatic rings. The van der Waals surface area contributed by atoms with Gasteiger partial charge in [0.15, 0.2) is 0 Å². The molecule has 9 heteroatoms. The molecule has 0 radical (unpaired) electrons. The summed E-state index contributed by atoms with van der Waals surface area (Å²) in [5.41, 5.74) is 0. The van der Waals surface area contributed by atoms with Crippen LogP contribution in [0.3, 0.4) is 0 Å². The van der Waals surface area contributed by atoms with Gasteiger partial charge in [-0.05, 0) is 13.0 Å². The van der Waals surface area contributed by atoms with Crippen molar-refractivity contribution in [3.05, 3.63) is 18.3 Å². The summed E-state index contributed by atoms with van der Waals surface area (Å²) in [7, 11) is -3.70. The maximum Gasteiger partial charge on any atom is 0.261 e. The van der Waals surface area contributed by atoms with E-state index in [1.807, 2.05) is 6.92 Å². The Morgan fingerprint density at radius 2 is 2.20 bits per heavy atom. The van der Waals surface area contributed by atoms with E-state index in [2.05, 4.69) is 19.8 Å². The Labute approximate surface area is 116 Å². The lowest BCUT2D eigenvalue weighted by Crippen LogP contribution is -2.28. The maximum absolute atomic E-state index is 11.9. The fraction of sp³-hybridized carbons (Fsp3) is 0.545. The van der Waals surface area contributed by atoms with Gasteiger partial charge in [0.25, 0.3) is 6.43 Å². The predicted molar refractivity (Wildman–Crippen MR) is 70.4 cm³/mol. The Kier molecular flexibility index (Phi) is 6.76. The summed E-state index contributed by atoms with van der Waals surface area (Å²) < 4.78 is 54.3. The van der Waals surface area contributed by atoms with E-state index in [1.54, 1.807) is 0 Å². The van der Waals surface area contributed by atoms with Gasteiger partial charge >= 0.3 is 0 Å². The molecule has 0 saturated heterocycles. The van der Waals surface area contributed by atoms with Gasteiger partial charge in [-0.3, -0.25) is 0 Å². The van der Waals surface area contributed by atoms with Gasteiger partial charge in [-0.15, -0.1) is 0 Å². The number of anilines is 1. The molecule has 1 rings (SSSR count). The Bertz CT molecular complexity index is 511. The molecule has 2 N–H and O–H groups in total. The van der Waals surface area contributed by atoms with Crippen LogP contribution in [0.15, 0.2) is 23.2 Å². The van der Waals surface area contributed by atoms with Gasteiger partial charge in [-0.25, -0.2) is 26.9 Å². The summed E-state index contributed by atoms with van der Waals surface area (Å²) in [6.07, 6.45) is -1.19. The summed E-state index contributed by atoms with van der Waals surface area (Å²) in [5, 5.41) is 2.90. The number of sulfonamides is 1. The first kappa shape index (κ1) is 16.7. The molecule has 0 spiro atoms. The molecule has 1 aromatic heterocycles. The molecule has 0 aliphatic carbocycles. The third-order valence-electron chi connectivity index (χ3n) is 2.18. The minimum absolute atomic E-state index is 0.0531. The van der Waals surface area contributed by atoms with E-state index in [-0.39, 0.29) is 18.0 Å². The van der Waals surface area contributed by atoms with Crippen LogP contribution in [0.4, 0.5) is 14.6 Å². The number of aromatic nitrogens is 1. The molecule has 0 bridgehead atoms. The van der Waals surface area contributed by atoms with Gasteiger partial charge in [-0.1, -0.05) is 0 Å². The quantitative estimate of drug-likeness (QED) is 0.667. The summed E-state index contributed by atoms with van der Waals surface area (Å²) in [6, 6.07) is 2.75. The average molecular weight is 309 g/mol. The summed E-state index contributed by atoms with van der Waals surface area (Å²) in [5.74, 6) is 0.448. The highest BCUT2D eigenvalue weighted by Crippen LogP contribution is 2.12. The largest absolute Gasteiger partial charge is 0.374 e. The molecule has 20 heavy (non-hydrogen) atoms. The van der Waals surface area contributed by atoms with Crippen LogP contribution in [-0.2, 0) is 14.8 Å². The SMILES string of the molecule is CCNc1cc(S(=O)(=O)NCCOCC(F)F)ccn1. The highest BCUT2D eigenvalue weighted by molar-refractivity contribution is 7.89. The fourth-order valence-corrected chi connectivity index (χ4v) is 2.39. The molecular weight excluding hydrogens is 292 g/mol. The molecule has 114 valence electrons. The van der Waals surface area contributed by atoms with Crippen LogP contribution >= 0.6 is 0 Å². The van der Waals surface area contributed by atoms with Crippen molar-refractivity contribution in [3.8, 4) is 0 Å². The molecule has 6 nitrogen and oxygen atoms in total. The summed E-state index contributed by atoms with van der Waals surface area (Å²) >= 11 is 0. The van der Waals surface area contributed by atoms with Crippen molar-refractivity contribution in [2.24, 2.45) is 0 Å². The topological polar surface area (TPSA) is 80.3 Å². The normalized spacial score (nSPS) is 11.8. The van der Waals surface area contributed by atoms with Crippen molar-refractivity contribution in [1.82, 2.24) is 9.71 Å². The summed E-state index contributed by atoms with van der Waals surface area (Å²) in [4.78, 5) is 4.01. The number of halogens is 2. The number of nitrogens with zero attached hydrogens (tertiary/aromatic N) is 1. The minimum atomic E-state index is -3.70. The lowest BCUT2D eigenvalue weighted by molar-refractivity contribution is 0.0199. The molecule has 0 unspecified atom stereocenters. The highest BCUT2D eigenvalue weighted by atomic mass is 32.2. The third-order valence-corrected chi connectivity index (χ3v) is 3.64. The fourth-order valence-electron chi connectivity index (χ4n) is 1.36. The second-order valence-electron chi connectivity index (χ2n) is 3.77. The van der Waals surface area contributed by atoms with Crippen molar-refractivity contribution < 1.29 is 21.9 Å². The monoisotopic (exact) mass is 309 g/mol. The molecule has 0 saturated carbocycles. The number of hydrogen-bond acceptors (Lipinski definition) is 5. The number of pyridine rings is 1. The van der Waals surface area contributed by atoms with Gasteiger partial charge in [0, 0.05) is 25.4 Å². The Balaban J connectivity index is 2.53. The number of hydrogen-bond donors (Lipinski definition) is 2. The van der Waals surface area contributed by atoms with Crippen molar-refractivity contribution in [3.63, 3.8) is 0 Å². The van der Waals surface area contributed by atoms with Crippen LogP contribution in [0, 0.1) is 0 Å². The van der Waals surface area contributed by atoms with E-state index in [4.69, 9.17) is 0 Å². The van der Waals surface area contributed by atoms with Crippen molar-refractivity contribution in [2.75, 3.05) is 31.6 Å². The van der Waals surface area contributed by atoms with E-state index in [0.29, 0.717) is 12.4 Å². The lowest BCUT2D eigenvalue weighted by Gasteiger charge is -2.08. The smallest absolute Gasteiger partial charge is 0.261 e. The Hall–Kier alpha value is -1.32. The zero-order valence-electron chi connectivity index (χ0n) is 11.0. The van der Waals surface area contributed by atoms with Crippen molar-refractivity contribution in [2.45, 2.75) is 18.2 Å². The van der Waals surface area contributed by atoms with Gasteiger partial charge < -0.3 is 10.1 Å². The molecule has 0 aliphatic rings. The van der Waals surface area contributed by atoms with Crippen LogP contribution in [0.2, 0.25) is 0 Å². The van der Waals surface area contributed by atoms with Crippen molar-refractivity contribution >= 4 is 15.8 Å². The van der Waals surface area contributed by atoms with E-state index >= 15 is 0 Å². The first-order chi connectivity index (χ1) is 9.45. The molecule has 1 heterocycles. The van der Waals surface area contributed by atoms with Crippen molar-refractivity contribution in [1.29, 1.82) is 0 Å². The van der Waals surface area contributed by atoms with Crippen LogP contribution in [0.1, 0.15) is 6.92 Å². The molecule has 0 aliphatic heterocycles. The molecule has 0 fully saturated rings. The van der Waals surface area contributed by atoms with E-state index in [1.165, 1.54) is 18.3 Å². The van der Waals surface area contributed by atoms with Gasteiger partial charge in [0.1, 0.15) is 12.4 Å². The molecule has 0 amide bonds. The lowest BCUT2D eigenvalue weighted by atomic mass is 10.4. The number of nitrogens with one attached hydrogen (secondary N) is 2. The van der Waals surface area contributed by atoms with Gasteiger partial charge in [0.2, 0.25) is 10.0 Å². The van der Waals surface area contributed by atoms with E-state index in [0.717, 1.165) is 0 Å². The Morgan fingerprint density at radius 3 is 2.85 bits per heavy atom.